The maximum absolute atomic E-state index is 5.86. The molecule has 7 nitrogen and oxygen atoms in total. The normalized spacial score (nSPS) is 11.6. The first-order valence-corrected chi connectivity index (χ1v) is 10.9. The number of H-pyrrole nitrogens is 1. The van der Waals surface area contributed by atoms with Crippen molar-refractivity contribution in [2.45, 2.75) is 71.8 Å². The highest BCUT2D eigenvalue weighted by Crippen LogP contribution is 2.24. The molecule has 0 atom stereocenters. The Balaban J connectivity index is 1.57. The lowest BCUT2D eigenvalue weighted by Gasteiger charge is -2.21. The number of benzene rings is 1. The Morgan fingerprint density at radius 2 is 1.70 bits per heavy atom. The van der Waals surface area contributed by atoms with Gasteiger partial charge in [-0.1, -0.05) is 39.0 Å². The Morgan fingerprint density at radius 1 is 0.967 bits per heavy atom. The van der Waals surface area contributed by atoms with Gasteiger partial charge in [0.15, 0.2) is 11.5 Å². The fraction of sp³-hybridized carbons (Fsp3) is 0.522. The van der Waals surface area contributed by atoms with Crippen LogP contribution >= 0.6 is 0 Å². The van der Waals surface area contributed by atoms with Crippen LogP contribution in [0.1, 0.15) is 66.2 Å². The molecule has 0 fully saturated rings. The minimum Gasteiger partial charge on any atom is -0.494 e. The molecule has 0 aliphatic carbocycles. The van der Waals surface area contributed by atoms with E-state index in [4.69, 9.17) is 4.74 Å². The fourth-order valence-electron chi connectivity index (χ4n) is 3.17. The quantitative estimate of drug-likeness (QED) is 0.334. The molecule has 0 bridgehead atoms. The van der Waals surface area contributed by atoms with Gasteiger partial charge in [0.25, 0.3) is 0 Å². The van der Waals surface area contributed by atoms with Gasteiger partial charge in [-0.25, -0.2) is 4.98 Å². The molecule has 3 N–H and O–H groups in total. The first-order chi connectivity index (χ1) is 14.4. The summed E-state index contributed by atoms with van der Waals surface area (Å²) in [5.74, 6) is 2.11. The van der Waals surface area contributed by atoms with Crippen molar-refractivity contribution in [3.63, 3.8) is 0 Å². The van der Waals surface area contributed by atoms with Crippen molar-refractivity contribution in [1.82, 2.24) is 19.9 Å². The average Bonchev–Trinajstić information content (AvgIpc) is 3.16. The molecule has 30 heavy (non-hydrogen) atoms. The number of aromatic nitrogens is 4. The second kappa shape index (κ2) is 10.3. The highest BCUT2D eigenvalue weighted by atomic mass is 16.5. The van der Waals surface area contributed by atoms with Gasteiger partial charge in [-0.15, -0.1) is 0 Å². The number of ether oxygens (including phenoxy) is 1. The summed E-state index contributed by atoms with van der Waals surface area (Å²) in [6.45, 7) is 9.28. The molecule has 162 valence electrons. The molecule has 0 saturated carbocycles. The lowest BCUT2D eigenvalue weighted by molar-refractivity contribution is 0.304. The van der Waals surface area contributed by atoms with E-state index in [1.54, 1.807) is 6.33 Å². The van der Waals surface area contributed by atoms with Crippen LogP contribution in [0.15, 0.2) is 30.6 Å². The molecule has 0 aliphatic rings. The summed E-state index contributed by atoms with van der Waals surface area (Å²) >= 11 is 0. The van der Waals surface area contributed by atoms with Crippen LogP contribution in [0, 0.1) is 0 Å². The van der Waals surface area contributed by atoms with E-state index in [-0.39, 0.29) is 5.54 Å². The molecule has 7 heteroatoms. The van der Waals surface area contributed by atoms with Gasteiger partial charge in [0.2, 0.25) is 5.95 Å². The Bertz CT molecular complexity index is 914. The van der Waals surface area contributed by atoms with Crippen LogP contribution < -0.4 is 15.4 Å². The molecule has 1 aromatic carbocycles. The van der Waals surface area contributed by atoms with E-state index in [1.807, 2.05) is 24.3 Å². The predicted molar refractivity (Wildman–Crippen MR) is 124 cm³/mol. The molecule has 3 aromatic rings. The predicted octanol–water partition coefficient (Wildman–Crippen LogP) is 6.05. The lowest BCUT2D eigenvalue weighted by Crippen LogP contribution is -2.27. The molecule has 3 rings (SSSR count). The SMILES string of the molecule is CCCCCCCCOc1ccc(Nc2nc(NC(C)(C)C)c3[nH]cnc3n2)cc1. The van der Waals surface area contributed by atoms with Crippen LogP contribution in [0.25, 0.3) is 11.2 Å². The maximum atomic E-state index is 5.86. The molecule has 0 unspecified atom stereocenters. The largest absolute Gasteiger partial charge is 0.494 e. The zero-order chi connectivity index (χ0) is 21.4. The van der Waals surface area contributed by atoms with Gasteiger partial charge in [0, 0.05) is 11.2 Å². The summed E-state index contributed by atoms with van der Waals surface area (Å²) < 4.78 is 5.86. The molecule has 0 amide bonds. The van der Waals surface area contributed by atoms with Crippen LogP contribution in [0.4, 0.5) is 17.5 Å². The monoisotopic (exact) mass is 410 g/mol. The van der Waals surface area contributed by atoms with Crippen LogP contribution in [0.2, 0.25) is 0 Å². The summed E-state index contributed by atoms with van der Waals surface area (Å²) in [7, 11) is 0. The maximum Gasteiger partial charge on any atom is 0.231 e. The number of fused-ring (bicyclic) bond motifs is 1. The second-order valence-electron chi connectivity index (χ2n) is 8.64. The van der Waals surface area contributed by atoms with Crippen molar-refractivity contribution in [3.05, 3.63) is 30.6 Å². The molecule has 0 aliphatic heterocycles. The molecule has 0 spiro atoms. The van der Waals surface area contributed by atoms with Gasteiger partial charge in [-0.05, 0) is 51.5 Å². The van der Waals surface area contributed by atoms with E-state index in [0.717, 1.165) is 35.8 Å². The second-order valence-corrected chi connectivity index (χ2v) is 8.64. The number of nitrogens with zero attached hydrogens (tertiary/aromatic N) is 3. The first kappa shape index (κ1) is 21.9. The third-order valence-corrected chi connectivity index (χ3v) is 4.66. The average molecular weight is 411 g/mol. The summed E-state index contributed by atoms with van der Waals surface area (Å²) in [6, 6.07) is 7.90. The number of hydrogen-bond donors (Lipinski definition) is 3. The van der Waals surface area contributed by atoms with Gasteiger partial charge in [-0.2, -0.15) is 9.97 Å². The topological polar surface area (TPSA) is 87.8 Å². The van der Waals surface area contributed by atoms with Crippen molar-refractivity contribution >= 4 is 28.6 Å². The number of nitrogens with one attached hydrogen (secondary N) is 3. The summed E-state index contributed by atoms with van der Waals surface area (Å²) in [5, 5.41) is 6.67. The molecule has 0 radical (unpaired) electrons. The molecule has 2 heterocycles. The third-order valence-electron chi connectivity index (χ3n) is 4.66. The fourth-order valence-corrected chi connectivity index (χ4v) is 3.17. The van der Waals surface area contributed by atoms with Crippen molar-refractivity contribution in [1.29, 1.82) is 0 Å². The zero-order valence-corrected chi connectivity index (χ0v) is 18.6. The third kappa shape index (κ3) is 6.61. The van der Waals surface area contributed by atoms with Gasteiger partial charge in [-0.3, -0.25) is 0 Å². The number of hydrogen-bond acceptors (Lipinski definition) is 6. The van der Waals surface area contributed by atoms with E-state index in [0.29, 0.717) is 11.6 Å². The van der Waals surface area contributed by atoms with Crippen LogP contribution in [-0.2, 0) is 0 Å². The number of unbranched alkanes of at least 4 members (excludes halogenated alkanes) is 5. The number of anilines is 3. The van der Waals surface area contributed by atoms with Crippen LogP contribution in [-0.4, -0.2) is 32.1 Å². The van der Waals surface area contributed by atoms with Gasteiger partial charge < -0.3 is 20.4 Å². The van der Waals surface area contributed by atoms with Gasteiger partial charge >= 0.3 is 0 Å². The van der Waals surface area contributed by atoms with Crippen LogP contribution in [0.5, 0.6) is 5.75 Å². The minimum atomic E-state index is -0.126. The Kier molecular flexibility index (Phi) is 7.49. The number of rotatable bonds is 11. The van der Waals surface area contributed by atoms with E-state index in [1.165, 1.54) is 32.1 Å². The summed E-state index contributed by atoms with van der Waals surface area (Å²) in [6.07, 6.45) is 9.21. The summed E-state index contributed by atoms with van der Waals surface area (Å²) in [4.78, 5) is 16.5. The minimum absolute atomic E-state index is 0.126. The van der Waals surface area contributed by atoms with E-state index in [2.05, 4.69) is 58.3 Å². The standard InChI is InChI=1S/C23H34N6O/c1-5-6-7-8-9-10-15-30-18-13-11-17(12-14-18)26-22-27-20-19(24-16-25-20)21(28-22)29-23(2,3)4/h11-14,16H,5-10,15H2,1-4H3,(H3,24,25,26,27,28,29). The van der Waals surface area contributed by atoms with E-state index < -0.39 is 0 Å². The molecular weight excluding hydrogens is 376 g/mol. The molecular formula is C23H34N6O. The number of aromatic amines is 1. The zero-order valence-electron chi connectivity index (χ0n) is 18.6. The Morgan fingerprint density at radius 3 is 2.43 bits per heavy atom. The van der Waals surface area contributed by atoms with Crippen molar-refractivity contribution in [2.75, 3.05) is 17.2 Å². The molecule has 0 saturated heterocycles. The highest BCUT2D eigenvalue weighted by molar-refractivity contribution is 5.84. The smallest absolute Gasteiger partial charge is 0.231 e. The Labute approximate surface area is 179 Å². The van der Waals surface area contributed by atoms with E-state index >= 15 is 0 Å². The highest BCUT2D eigenvalue weighted by Gasteiger charge is 2.16. The lowest BCUT2D eigenvalue weighted by atomic mass is 10.1. The van der Waals surface area contributed by atoms with Crippen molar-refractivity contribution in [2.24, 2.45) is 0 Å². The van der Waals surface area contributed by atoms with Crippen molar-refractivity contribution in [3.8, 4) is 5.75 Å². The molecule has 2 aromatic heterocycles. The van der Waals surface area contributed by atoms with E-state index in [9.17, 15) is 0 Å². The summed E-state index contributed by atoms with van der Waals surface area (Å²) in [5.41, 5.74) is 2.20. The van der Waals surface area contributed by atoms with Gasteiger partial charge in [0.05, 0.1) is 12.9 Å². The first-order valence-electron chi connectivity index (χ1n) is 10.9. The van der Waals surface area contributed by atoms with Crippen LogP contribution in [0.3, 0.4) is 0 Å². The van der Waals surface area contributed by atoms with Gasteiger partial charge in [0.1, 0.15) is 11.3 Å². The number of imidazole rings is 1. The Hall–Kier alpha value is -2.83. The van der Waals surface area contributed by atoms with Crippen molar-refractivity contribution < 1.29 is 4.74 Å².